The van der Waals surface area contributed by atoms with Crippen molar-refractivity contribution in [1.29, 1.82) is 0 Å². The molecule has 0 saturated heterocycles. The molecule has 0 aromatic heterocycles. The van der Waals surface area contributed by atoms with E-state index in [0.29, 0.717) is 11.1 Å². The Kier molecular flexibility index (Phi) is 3.83. The van der Waals surface area contributed by atoms with Gasteiger partial charge in [-0.15, -0.1) is 0 Å². The molecule has 0 heterocycles. The first-order valence-electron chi connectivity index (χ1n) is 5.84. The lowest BCUT2D eigenvalue weighted by atomic mass is 9.86. The van der Waals surface area contributed by atoms with Crippen LogP contribution in [0.1, 0.15) is 11.1 Å². The second kappa shape index (κ2) is 5.38. The van der Waals surface area contributed by atoms with Crippen molar-refractivity contribution in [2.24, 2.45) is 0 Å². The van der Waals surface area contributed by atoms with Gasteiger partial charge in [0, 0.05) is 12.7 Å². The van der Waals surface area contributed by atoms with E-state index < -0.39 is 5.60 Å². The molecule has 1 atom stereocenters. The SMILES string of the molecule is COCC(O)(c1ccc(F)cc1)c1ccccc1O. The first-order valence-corrected chi connectivity index (χ1v) is 5.84. The second-order valence-electron chi connectivity index (χ2n) is 4.32. The number of hydrogen-bond donors (Lipinski definition) is 2. The molecule has 4 heteroatoms. The molecule has 1 unspecified atom stereocenters. The molecule has 0 aliphatic rings. The van der Waals surface area contributed by atoms with Crippen LogP contribution in [0.5, 0.6) is 5.75 Å². The molecule has 0 spiro atoms. The van der Waals surface area contributed by atoms with E-state index in [0.717, 1.165) is 0 Å². The van der Waals surface area contributed by atoms with E-state index in [1.807, 2.05) is 0 Å². The van der Waals surface area contributed by atoms with Gasteiger partial charge in [0.2, 0.25) is 0 Å². The molecule has 2 aromatic rings. The average Bonchev–Trinajstić information content (AvgIpc) is 2.40. The number of benzene rings is 2. The van der Waals surface area contributed by atoms with Gasteiger partial charge in [0.25, 0.3) is 0 Å². The number of para-hydroxylation sites is 1. The molecule has 2 rings (SSSR count). The van der Waals surface area contributed by atoms with Gasteiger partial charge in [-0.05, 0) is 23.8 Å². The summed E-state index contributed by atoms with van der Waals surface area (Å²) in [6, 6.07) is 11.9. The predicted octanol–water partition coefficient (Wildman–Crippen LogP) is 2.41. The molecular weight excluding hydrogens is 247 g/mol. The lowest BCUT2D eigenvalue weighted by Crippen LogP contribution is -2.32. The molecule has 2 aromatic carbocycles. The molecule has 0 saturated carbocycles. The molecule has 0 aliphatic heterocycles. The van der Waals surface area contributed by atoms with Gasteiger partial charge < -0.3 is 14.9 Å². The van der Waals surface area contributed by atoms with Gasteiger partial charge in [-0.1, -0.05) is 30.3 Å². The molecule has 0 aliphatic carbocycles. The first-order chi connectivity index (χ1) is 9.08. The quantitative estimate of drug-likeness (QED) is 0.889. The average molecular weight is 262 g/mol. The highest BCUT2D eigenvalue weighted by Gasteiger charge is 2.34. The highest BCUT2D eigenvalue weighted by molar-refractivity contribution is 5.44. The number of aliphatic hydroxyl groups is 1. The largest absolute Gasteiger partial charge is 0.508 e. The van der Waals surface area contributed by atoms with Crippen molar-refractivity contribution >= 4 is 0 Å². The van der Waals surface area contributed by atoms with Crippen LogP contribution in [-0.2, 0) is 10.3 Å². The van der Waals surface area contributed by atoms with Crippen molar-refractivity contribution in [3.63, 3.8) is 0 Å². The van der Waals surface area contributed by atoms with Gasteiger partial charge in [-0.2, -0.15) is 0 Å². The van der Waals surface area contributed by atoms with Crippen LogP contribution in [-0.4, -0.2) is 23.9 Å². The maximum atomic E-state index is 13.0. The van der Waals surface area contributed by atoms with Crippen LogP contribution in [0.2, 0.25) is 0 Å². The van der Waals surface area contributed by atoms with Crippen LogP contribution < -0.4 is 0 Å². The number of methoxy groups -OCH3 is 1. The van der Waals surface area contributed by atoms with Crippen LogP contribution in [0.3, 0.4) is 0 Å². The first kappa shape index (κ1) is 13.5. The van der Waals surface area contributed by atoms with Crippen molar-refractivity contribution in [2.45, 2.75) is 5.60 Å². The fourth-order valence-electron chi connectivity index (χ4n) is 2.07. The second-order valence-corrected chi connectivity index (χ2v) is 4.32. The maximum Gasteiger partial charge on any atom is 0.141 e. The minimum Gasteiger partial charge on any atom is -0.508 e. The van der Waals surface area contributed by atoms with Gasteiger partial charge in [0.15, 0.2) is 0 Å². The summed E-state index contributed by atoms with van der Waals surface area (Å²) in [6.07, 6.45) is 0. The summed E-state index contributed by atoms with van der Waals surface area (Å²) < 4.78 is 18.0. The summed E-state index contributed by atoms with van der Waals surface area (Å²) >= 11 is 0. The number of hydrogen-bond acceptors (Lipinski definition) is 3. The Morgan fingerprint density at radius 2 is 1.74 bits per heavy atom. The van der Waals surface area contributed by atoms with Gasteiger partial charge in [-0.25, -0.2) is 4.39 Å². The smallest absolute Gasteiger partial charge is 0.141 e. The zero-order valence-electron chi connectivity index (χ0n) is 10.5. The fourth-order valence-corrected chi connectivity index (χ4v) is 2.07. The topological polar surface area (TPSA) is 49.7 Å². The standard InChI is InChI=1S/C15H15FO3/c1-19-10-15(18,11-6-8-12(16)9-7-11)13-4-2-3-5-14(13)17/h2-9,17-18H,10H2,1H3. The van der Waals surface area contributed by atoms with E-state index in [2.05, 4.69) is 0 Å². The number of halogens is 1. The predicted molar refractivity (Wildman–Crippen MR) is 69.4 cm³/mol. The normalized spacial score (nSPS) is 14.1. The van der Waals surface area contributed by atoms with Crippen LogP contribution in [0.15, 0.2) is 48.5 Å². The zero-order chi connectivity index (χ0) is 13.9. The number of aromatic hydroxyl groups is 1. The highest BCUT2D eigenvalue weighted by Crippen LogP contribution is 2.35. The van der Waals surface area contributed by atoms with Gasteiger partial charge in [-0.3, -0.25) is 0 Å². The van der Waals surface area contributed by atoms with Crippen molar-refractivity contribution in [1.82, 2.24) is 0 Å². The molecule has 0 fully saturated rings. The highest BCUT2D eigenvalue weighted by atomic mass is 19.1. The Labute approximate surface area is 110 Å². The minimum absolute atomic E-state index is 0.0358. The van der Waals surface area contributed by atoms with E-state index in [9.17, 15) is 14.6 Å². The molecule has 2 N–H and O–H groups in total. The molecular formula is C15H15FO3. The van der Waals surface area contributed by atoms with Crippen molar-refractivity contribution < 1.29 is 19.3 Å². The van der Waals surface area contributed by atoms with Crippen molar-refractivity contribution in [2.75, 3.05) is 13.7 Å². The molecule has 19 heavy (non-hydrogen) atoms. The molecule has 0 radical (unpaired) electrons. The summed E-state index contributed by atoms with van der Waals surface area (Å²) in [7, 11) is 1.45. The molecule has 0 bridgehead atoms. The Hall–Kier alpha value is -1.91. The summed E-state index contributed by atoms with van der Waals surface area (Å²) in [6.45, 7) is -0.0454. The number of phenolic OH excluding ortho intramolecular Hbond substituents is 1. The van der Waals surface area contributed by atoms with Crippen LogP contribution >= 0.6 is 0 Å². The summed E-state index contributed by atoms with van der Waals surface area (Å²) in [5, 5.41) is 20.7. The lowest BCUT2D eigenvalue weighted by Gasteiger charge is -2.29. The van der Waals surface area contributed by atoms with E-state index in [4.69, 9.17) is 4.74 Å². The van der Waals surface area contributed by atoms with Crippen LogP contribution in [0, 0.1) is 5.82 Å². The molecule has 3 nitrogen and oxygen atoms in total. The Morgan fingerprint density at radius 1 is 1.11 bits per heavy atom. The number of phenols is 1. The van der Waals surface area contributed by atoms with Crippen molar-refractivity contribution in [3.8, 4) is 5.75 Å². The fraction of sp³-hybridized carbons (Fsp3) is 0.200. The number of ether oxygens (including phenoxy) is 1. The summed E-state index contributed by atoms with van der Waals surface area (Å²) in [5.74, 6) is -0.424. The van der Waals surface area contributed by atoms with Gasteiger partial charge >= 0.3 is 0 Å². The third-order valence-corrected chi connectivity index (χ3v) is 3.02. The molecule has 0 amide bonds. The maximum absolute atomic E-state index is 13.0. The van der Waals surface area contributed by atoms with Crippen LogP contribution in [0.25, 0.3) is 0 Å². The third-order valence-electron chi connectivity index (χ3n) is 3.02. The van der Waals surface area contributed by atoms with Crippen molar-refractivity contribution in [3.05, 3.63) is 65.5 Å². The Morgan fingerprint density at radius 3 is 2.32 bits per heavy atom. The van der Waals surface area contributed by atoms with E-state index in [-0.39, 0.29) is 18.2 Å². The van der Waals surface area contributed by atoms with Crippen LogP contribution in [0.4, 0.5) is 4.39 Å². The van der Waals surface area contributed by atoms with E-state index >= 15 is 0 Å². The van der Waals surface area contributed by atoms with E-state index in [1.54, 1.807) is 18.2 Å². The zero-order valence-corrected chi connectivity index (χ0v) is 10.5. The monoisotopic (exact) mass is 262 g/mol. The Bertz CT molecular complexity index is 554. The van der Waals surface area contributed by atoms with Gasteiger partial charge in [0.05, 0.1) is 6.61 Å². The lowest BCUT2D eigenvalue weighted by molar-refractivity contribution is -0.00479. The summed E-state index contributed by atoms with van der Waals surface area (Å²) in [5.41, 5.74) is -0.742. The third kappa shape index (κ3) is 2.59. The minimum atomic E-state index is -1.52. The van der Waals surface area contributed by atoms with Gasteiger partial charge in [0.1, 0.15) is 17.2 Å². The Balaban J connectivity index is 2.54. The summed E-state index contributed by atoms with van der Waals surface area (Å²) in [4.78, 5) is 0. The number of rotatable bonds is 4. The molecule has 100 valence electrons. The van der Waals surface area contributed by atoms with E-state index in [1.165, 1.54) is 37.4 Å².